The summed E-state index contributed by atoms with van der Waals surface area (Å²) in [7, 11) is 0. The van der Waals surface area contributed by atoms with Gasteiger partial charge in [-0.3, -0.25) is 0 Å². The molecular weight excluding hydrogens is 391 g/mol. The van der Waals surface area contributed by atoms with Crippen molar-refractivity contribution in [1.82, 2.24) is 15.0 Å². The van der Waals surface area contributed by atoms with Gasteiger partial charge in [-0.25, -0.2) is 19.3 Å². The zero-order chi connectivity index (χ0) is 15.7. The standard InChI is InChI=1S/C14H15BrClFN4S/c1-2-22-14-18-10-8(11(15)19-12(16)9(10)17)13(20-14)21-6-4-3-5-7-21/h2-7H2,1H3. The third-order valence-corrected chi connectivity index (χ3v) is 5.14. The number of thioether (sulfide) groups is 1. The SMILES string of the molecule is CCSc1nc(N2CCCCC2)c2c(Br)nc(Cl)c(F)c2n1. The fourth-order valence-corrected chi connectivity index (χ4v) is 3.98. The molecular formula is C14H15BrClFN4S. The number of fused-ring (bicyclic) bond motifs is 1. The summed E-state index contributed by atoms with van der Waals surface area (Å²) in [5.74, 6) is 0.987. The molecule has 0 unspecified atom stereocenters. The van der Waals surface area contributed by atoms with Gasteiger partial charge in [0.15, 0.2) is 16.1 Å². The molecule has 0 spiro atoms. The molecule has 3 rings (SSSR count). The summed E-state index contributed by atoms with van der Waals surface area (Å²) >= 11 is 10.7. The van der Waals surface area contributed by atoms with Gasteiger partial charge in [-0.05, 0) is 40.9 Å². The number of hydrogen-bond acceptors (Lipinski definition) is 5. The molecule has 0 amide bonds. The van der Waals surface area contributed by atoms with E-state index in [9.17, 15) is 4.39 Å². The molecule has 2 aromatic rings. The Morgan fingerprint density at radius 2 is 1.95 bits per heavy atom. The van der Waals surface area contributed by atoms with Crippen molar-refractivity contribution < 1.29 is 4.39 Å². The van der Waals surface area contributed by atoms with E-state index >= 15 is 0 Å². The maximum Gasteiger partial charge on any atom is 0.190 e. The molecule has 0 aromatic carbocycles. The number of hydrogen-bond donors (Lipinski definition) is 0. The van der Waals surface area contributed by atoms with Crippen LogP contribution < -0.4 is 4.90 Å². The van der Waals surface area contributed by atoms with E-state index in [1.54, 1.807) is 0 Å². The molecule has 0 radical (unpaired) electrons. The average molecular weight is 406 g/mol. The normalized spacial score (nSPS) is 15.5. The Kier molecular flexibility index (Phi) is 5.04. The highest BCUT2D eigenvalue weighted by atomic mass is 79.9. The topological polar surface area (TPSA) is 41.9 Å². The van der Waals surface area contributed by atoms with Crippen LogP contribution in [-0.2, 0) is 0 Å². The first-order valence-electron chi connectivity index (χ1n) is 7.21. The van der Waals surface area contributed by atoms with Crippen LogP contribution in [-0.4, -0.2) is 33.8 Å². The Balaban J connectivity index is 2.25. The van der Waals surface area contributed by atoms with Crippen molar-refractivity contribution in [2.75, 3.05) is 23.7 Å². The van der Waals surface area contributed by atoms with Crippen LogP contribution in [0.5, 0.6) is 0 Å². The van der Waals surface area contributed by atoms with Crippen molar-refractivity contribution in [3.05, 3.63) is 15.6 Å². The van der Waals surface area contributed by atoms with Crippen LogP contribution in [0.1, 0.15) is 26.2 Å². The Bertz CT molecular complexity index is 709. The third kappa shape index (κ3) is 3.03. The van der Waals surface area contributed by atoms with Gasteiger partial charge in [0.2, 0.25) is 0 Å². The van der Waals surface area contributed by atoms with E-state index in [0.29, 0.717) is 15.1 Å². The number of nitrogens with zero attached hydrogens (tertiary/aromatic N) is 4. The second-order valence-electron chi connectivity index (χ2n) is 5.04. The van der Waals surface area contributed by atoms with Gasteiger partial charge >= 0.3 is 0 Å². The lowest BCUT2D eigenvalue weighted by Crippen LogP contribution is -2.30. The highest BCUT2D eigenvalue weighted by Crippen LogP contribution is 2.36. The molecule has 3 heterocycles. The minimum atomic E-state index is -0.585. The van der Waals surface area contributed by atoms with E-state index in [1.807, 2.05) is 6.92 Å². The van der Waals surface area contributed by atoms with Crippen LogP contribution >= 0.6 is 39.3 Å². The molecule has 0 bridgehead atoms. The minimum absolute atomic E-state index is 0.171. The largest absolute Gasteiger partial charge is 0.356 e. The Morgan fingerprint density at radius 3 is 2.64 bits per heavy atom. The highest BCUT2D eigenvalue weighted by Gasteiger charge is 2.23. The summed E-state index contributed by atoms with van der Waals surface area (Å²) in [6, 6.07) is 0. The highest BCUT2D eigenvalue weighted by molar-refractivity contribution is 9.10. The molecule has 2 aromatic heterocycles. The first-order chi connectivity index (χ1) is 10.6. The van der Waals surface area contributed by atoms with Crippen molar-refractivity contribution in [2.45, 2.75) is 31.3 Å². The van der Waals surface area contributed by atoms with E-state index in [2.05, 4.69) is 35.8 Å². The molecule has 1 aliphatic heterocycles. The zero-order valence-corrected chi connectivity index (χ0v) is 15.2. The van der Waals surface area contributed by atoms with Gasteiger partial charge in [0.1, 0.15) is 15.9 Å². The molecule has 0 atom stereocenters. The summed E-state index contributed by atoms with van der Waals surface area (Å²) in [6.07, 6.45) is 3.45. The van der Waals surface area contributed by atoms with Crippen LogP contribution in [0.25, 0.3) is 10.9 Å². The quantitative estimate of drug-likeness (QED) is 0.421. The predicted molar refractivity (Wildman–Crippen MR) is 92.5 cm³/mol. The first kappa shape index (κ1) is 16.2. The summed E-state index contributed by atoms with van der Waals surface area (Å²) in [5, 5.41) is 1.00. The van der Waals surface area contributed by atoms with Crippen LogP contribution in [0.15, 0.2) is 9.76 Å². The third-order valence-electron chi connectivity index (χ3n) is 3.59. The lowest BCUT2D eigenvalue weighted by Gasteiger charge is -2.29. The lowest BCUT2D eigenvalue weighted by molar-refractivity contribution is 0.572. The molecule has 4 nitrogen and oxygen atoms in total. The maximum absolute atomic E-state index is 14.4. The van der Waals surface area contributed by atoms with Gasteiger partial charge in [0.25, 0.3) is 0 Å². The van der Waals surface area contributed by atoms with Gasteiger partial charge in [-0.15, -0.1) is 0 Å². The summed E-state index contributed by atoms with van der Waals surface area (Å²) in [4.78, 5) is 15.2. The number of anilines is 1. The minimum Gasteiger partial charge on any atom is -0.356 e. The number of piperidine rings is 1. The van der Waals surface area contributed by atoms with Crippen LogP contribution in [0.2, 0.25) is 5.15 Å². The van der Waals surface area contributed by atoms with E-state index in [0.717, 1.165) is 37.5 Å². The number of aromatic nitrogens is 3. The molecule has 0 N–H and O–H groups in total. The molecule has 0 saturated carbocycles. The van der Waals surface area contributed by atoms with Gasteiger partial charge in [-0.1, -0.05) is 30.3 Å². The van der Waals surface area contributed by atoms with Crippen LogP contribution in [0.3, 0.4) is 0 Å². The Morgan fingerprint density at radius 1 is 1.23 bits per heavy atom. The lowest BCUT2D eigenvalue weighted by atomic mass is 10.1. The van der Waals surface area contributed by atoms with E-state index < -0.39 is 5.82 Å². The summed E-state index contributed by atoms with van der Waals surface area (Å²) in [6.45, 7) is 3.85. The molecule has 8 heteroatoms. The van der Waals surface area contributed by atoms with Gasteiger partial charge in [-0.2, -0.15) is 0 Å². The van der Waals surface area contributed by atoms with Crippen molar-refractivity contribution in [3.63, 3.8) is 0 Å². The van der Waals surface area contributed by atoms with E-state index in [-0.39, 0.29) is 10.7 Å². The van der Waals surface area contributed by atoms with E-state index in [4.69, 9.17) is 11.6 Å². The molecule has 1 saturated heterocycles. The van der Waals surface area contributed by atoms with E-state index in [1.165, 1.54) is 18.2 Å². The second kappa shape index (κ2) is 6.84. The zero-order valence-electron chi connectivity index (χ0n) is 12.1. The number of rotatable bonds is 3. The fourth-order valence-electron chi connectivity index (χ4n) is 2.59. The maximum atomic E-state index is 14.4. The number of pyridine rings is 1. The van der Waals surface area contributed by atoms with Gasteiger partial charge in [0, 0.05) is 13.1 Å². The van der Waals surface area contributed by atoms with Crippen LogP contribution in [0.4, 0.5) is 10.2 Å². The van der Waals surface area contributed by atoms with Gasteiger partial charge < -0.3 is 4.90 Å². The average Bonchev–Trinajstić information content (AvgIpc) is 2.53. The molecule has 118 valence electrons. The Hall–Kier alpha value is -0.660. The first-order valence-corrected chi connectivity index (χ1v) is 9.37. The molecule has 1 aliphatic rings. The van der Waals surface area contributed by atoms with Gasteiger partial charge in [0.05, 0.1) is 5.39 Å². The fraction of sp³-hybridized carbons (Fsp3) is 0.500. The number of halogens is 3. The smallest absolute Gasteiger partial charge is 0.190 e. The van der Waals surface area contributed by atoms with Crippen molar-refractivity contribution >= 4 is 56.0 Å². The molecule has 0 aliphatic carbocycles. The Labute approximate surface area is 146 Å². The summed E-state index contributed by atoms with van der Waals surface area (Å²) < 4.78 is 14.9. The van der Waals surface area contributed by atoms with Crippen LogP contribution in [0, 0.1) is 5.82 Å². The molecule has 22 heavy (non-hydrogen) atoms. The molecule has 1 fully saturated rings. The van der Waals surface area contributed by atoms with Crippen molar-refractivity contribution in [3.8, 4) is 0 Å². The van der Waals surface area contributed by atoms with Crippen molar-refractivity contribution in [2.24, 2.45) is 0 Å². The van der Waals surface area contributed by atoms with Crippen molar-refractivity contribution in [1.29, 1.82) is 0 Å². The monoisotopic (exact) mass is 404 g/mol. The predicted octanol–water partition coefficient (Wildman–Crippen LogP) is 4.68. The summed E-state index contributed by atoms with van der Waals surface area (Å²) in [5.41, 5.74) is 0.235. The second-order valence-corrected chi connectivity index (χ2v) is 7.38.